The van der Waals surface area contributed by atoms with Crippen LogP contribution < -0.4 is 11.0 Å². The van der Waals surface area contributed by atoms with Gasteiger partial charge in [0.05, 0.1) is 12.4 Å². The third-order valence-electron chi connectivity index (χ3n) is 5.23. The number of halogens is 1. The number of benzene rings is 2. The van der Waals surface area contributed by atoms with Crippen molar-refractivity contribution < 1.29 is 4.79 Å². The second-order valence-corrected chi connectivity index (χ2v) is 7.84. The van der Waals surface area contributed by atoms with Crippen molar-refractivity contribution in [3.05, 3.63) is 81.0 Å². The summed E-state index contributed by atoms with van der Waals surface area (Å²) in [5.74, 6) is -0.0635. The van der Waals surface area contributed by atoms with Crippen LogP contribution in [0.1, 0.15) is 23.7 Å². The number of nitrogens with zero attached hydrogens (tertiary/aromatic N) is 3. The van der Waals surface area contributed by atoms with Crippen LogP contribution in [0.15, 0.2) is 53.5 Å². The summed E-state index contributed by atoms with van der Waals surface area (Å²) in [7, 11) is 0. The van der Waals surface area contributed by atoms with Crippen LogP contribution in [0.4, 0.5) is 5.69 Å². The lowest BCUT2D eigenvalue weighted by molar-refractivity contribution is -0.114. The number of anilines is 1. The van der Waals surface area contributed by atoms with Crippen LogP contribution in [-0.4, -0.2) is 26.5 Å². The maximum Gasteiger partial charge on any atom is 0.334 e. The quantitative estimate of drug-likeness (QED) is 0.715. The number of aromatic nitrogens is 2. The Bertz CT molecular complexity index is 1110. The lowest BCUT2D eigenvalue weighted by atomic mass is 9.98. The number of fused-ring (bicyclic) bond motifs is 1. The van der Waals surface area contributed by atoms with Gasteiger partial charge in [-0.25, -0.2) is 4.79 Å². The molecule has 150 valence electrons. The van der Waals surface area contributed by atoms with Crippen molar-refractivity contribution in [2.75, 3.05) is 11.9 Å². The van der Waals surface area contributed by atoms with E-state index in [1.165, 1.54) is 18.1 Å². The molecule has 7 heteroatoms. The van der Waals surface area contributed by atoms with Crippen LogP contribution in [0, 0.1) is 6.92 Å². The van der Waals surface area contributed by atoms with Gasteiger partial charge in [-0.3, -0.25) is 18.8 Å². The monoisotopic (exact) mass is 410 g/mol. The Labute approximate surface area is 174 Å². The highest BCUT2D eigenvalue weighted by atomic mass is 35.5. The lowest BCUT2D eigenvalue weighted by Crippen LogP contribution is -2.36. The predicted molar refractivity (Wildman–Crippen MR) is 115 cm³/mol. The van der Waals surface area contributed by atoms with E-state index in [-0.39, 0.29) is 11.6 Å². The van der Waals surface area contributed by atoms with Crippen LogP contribution in [0.3, 0.4) is 0 Å². The third-order valence-corrected chi connectivity index (χ3v) is 5.48. The summed E-state index contributed by atoms with van der Waals surface area (Å²) in [6.45, 7) is 5.53. The number of amides is 1. The van der Waals surface area contributed by atoms with E-state index in [9.17, 15) is 9.59 Å². The van der Waals surface area contributed by atoms with E-state index >= 15 is 0 Å². The van der Waals surface area contributed by atoms with Crippen molar-refractivity contribution in [2.24, 2.45) is 0 Å². The molecule has 1 aromatic heterocycles. The Morgan fingerprint density at radius 1 is 1.17 bits per heavy atom. The molecule has 0 fully saturated rings. The van der Waals surface area contributed by atoms with Gasteiger partial charge in [0.2, 0.25) is 5.91 Å². The first kappa shape index (κ1) is 19.5. The van der Waals surface area contributed by atoms with Crippen LogP contribution in [0.25, 0.3) is 5.69 Å². The molecule has 0 saturated heterocycles. The van der Waals surface area contributed by atoms with Gasteiger partial charge in [-0.15, -0.1) is 0 Å². The molecule has 1 N–H and O–H groups in total. The molecule has 0 unspecified atom stereocenters. The molecule has 2 aromatic carbocycles. The average Bonchev–Trinajstić information content (AvgIpc) is 2.95. The van der Waals surface area contributed by atoms with Gasteiger partial charge in [0, 0.05) is 42.6 Å². The Kier molecular flexibility index (Phi) is 5.30. The van der Waals surface area contributed by atoms with Gasteiger partial charge in [-0.05, 0) is 54.8 Å². The van der Waals surface area contributed by atoms with Crippen LogP contribution in [0.2, 0.25) is 5.02 Å². The van der Waals surface area contributed by atoms with Crippen LogP contribution in [-0.2, 0) is 24.4 Å². The predicted octanol–water partition coefficient (Wildman–Crippen LogP) is 3.58. The van der Waals surface area contributed by atoms with Crippen molar-refractivity contribution in [3.63, 3.8) is 0 Å². The van der Waals surface area contributed by atoms with E-state index in [1.807, 2.05) is 37.4 Å². The number of imidazole rings is 1. The summed E-state index contributed by atoms with van der Waals surface area (Å²) in [5.41, 5.74) is 4.87. The topological polar surface area (TPSA) is 59.3 Å². The summed E-state index contributed by atoms with van der Waals surface area (Å²) < 4.78 is 3.44. The summed E-state index contributed by atoms with van der Waals surface area (Å²) in [6, 6.07) is 13.3. The molecule has 0 saturated carbocycles. The Morgan fingerprint density at radius 3 is 2.66 bits per heavy atom. The Morgan fingerprint density at radius 2 is 1.93 bits per heavy atom. The van der Waals surface area contributed by atoms with Gasteiger partial charge >= 0.3 is 5.69 Å². The number of carbonyl (C=O) groups is 1. The fourth-order valence-corrected chi connectivity index (χ4v) is 4.06. The van der Waals surface area contributed by atoms with E-state index in [2.05, 4.69) is 16.3 Å². The minimum Gasteiger partial charge on any atom is -0.326 e. The molecule has 0 aliphatic carbocycles. The smallest absolute Gasteiger partial charge is 0.326 e. The van der Waals surface area contributed by atoms with Gasteiger partial charge < -0.3 is 5.32 Å². The molecule has 3 aromatic rings. The zero-order valence-corrected chi connectivity index (χ0v) is 17.2. The van der Waals surface area contributed by atoms with Crippen molar-refractivity contribution in [2.45, 2.75) is 33.5 Å². The van der Waals surface area contributed by atoms with Gasteiger partial charge in [-0.2, -0.15) is 0 Å². The van der Waals surface area contributed by atoms with Crippen molar-refractivity contribution >= 4 is 23.2 Å². The summed E-state index contributed by atoms with van der Waals surface area (Å²) in [4.78, 5) is 26.7. The van der Waals surface area contributed by atoms with E-state index in [0.29, 0.717) is 11.7 Å². The minimum absolute atomic E-state index is 0.0635. The zero-order valence-electron chi connectivity index (χ0n) is 16.5. The third kappa shape index (κ3) is 3.99. The fraction of sp³-hybridized carbons (Fsp3) is 0.273. The molecule has 0 spiro atoms. The number of carbonyl (C=O) groups excluding carboxylic acids is 1. The number of nitrogens with one attached hydrogen (secondary N) is 1. The van der Waals surface area contributed by atoms with E-state index in [4.69, 9.17) is 11.6 Å². The van der Waals surface area contributed by atoms with Crippen LogP contribution >= 0.6 is 11.6 Å². The minimum atomic E-state index is -0.0670. The van der Waals surface area contributed by atoms with Gasteiger partial charge in [0.25, 0.3) is 0 Å². The molecule has 0 bridgehead atoms. The molecule has 0 radical (unpaired) electrons. The van der Waals surface area contributed by atoms with Crippen molar-refractivity contribution in [1.29, 1.82) is 0 Å². The second kappa shape index (κ2) is 7.89. The first-order valence-corrected chi connectivity index (χ1v) is 9.95. The SMILES string of the molecule is CC(=O)Nc1cccc2c1CCN(Cn1cc(C)n(-c3ccc(Cl)cc3)c1=O)C2. The maximum absolute atomic E-state index is 13.0. The van der Waals surface area contributed by atoms with Crippen molar-refractivity contribution in [3.8, 4) is 5.69 Å². The largest absolute Gasteiger partial charge is 0.334 e. The van der Waals surface area contributed by atoms with E-state index < -0.39 is 0 Å². The molecule has 29 heavy (non-hydrogen) atoms. The molecule has 1 amide bonds. The molecule has 6 nitrogen and oxygen atoms in total. The first-order chi connectivity index (χ1) is 13.9. The van der Waals surface area contributed by atoms with Gasteiger partial charge in [-0.1, -0.05) is 23.7 Å². The highest BCUT2D eigenvalue weighted by molar-refractivity contribution is 6.30. The average molecular weight is 411 g/mol. The van der Waals surface area contributed by atoms with Gasteiger partial charge in [0.1, 0.15) is 0 Å². The first-order valence-electron chi connectivity index (χ1n) is 9.58. The van der Waals surface area contributed by atoms with Crippen LogP contribution in [0.5, 0.6) is 0 Å². The summed E-state index contributed by atoms with van der Waals surface area (Å²) in [5, 5.41) is 3.56. The number of aryl methyl sites for hydroxylation is 1. The maximum atomic E-state index is 13.0. The highest BCUT2D eigenvalue weighted by Gasteiger charge is 2.20. The van der Waals surface area contributed by atoms with Gasteiger partial charge in [0.15, 0.2) is 0 Å². The molecule has 0 atom stereocenters. The van der Waals surface area contributed by atoms with E-state index in [1.54, 1.807) is 21.3 Å². The summed E-state index contributed by atoms with van der Waals surface area (Å²) in [6.07, 6.45) is 2.72. The molecule has 2 heterocycles. The molecule has 1 aliphatic rings. The standard InChI is InChI=1S/C22H23ClN4O2/c1-15-12-26(22(29)27(15)19-8-6-18(23)7-9-19)14-25-11-10-20-17(13-25)4-3-5-21(20)24-16(2)28/h3-9,12H,10-11,13-14H2,1-2H3,(H,24,28). The number of hydrogen-bond acceptors (Lipinski definition) is 3. The fourth-order valence-electron chi connectivity index (χ4n) is 3.93. The van der Waals surface area contributed by atoms with E-state index in [0.717, 1.165) is 36.6 Å². The molecular weight excluding hydrogens is 388 g/mol. The normalized spacial score (nSPS) is 13.9. The Balaban J connectivity index is 1.56. The lowest BCUT2D eigenvalue weighted by Gasteiger charge is -2.30. The molecule has 4 rings (SSSR count). The second-order valence-electron chi connectivity index (χ2n) is 7.40. The molecular formula is C22H23ClN4O2. The summed E-state index contributed by atoms with van der Waals surface area (Å²) >= 11 is 5.97. The number of rotatable bonds is 4. The zero-order chi connectivity index (χ0) is 20.5. The Hall–Kier alpha value is -2.83. The number of hydrogen-bond donors (Lipinski definition) is 1. The highest BCUT2D eigenvalue weighted by Crippen LogP contribution is 2.26. The van der Waals surface area contributed by atoms with Crippen molar-refractivity contribution in [1.82, 2.24) is 14.0 Å². The molecule has 1 aliphatic heterocycles.